The summed E-state index contributed by atoms with van der Waals surface area (Å²) >= 11 is 0. The van der Waals surface area contributed by atoms with Crippen molar-refractivity contribution in [2.45, 2.75) is 39.7 Å². The molecule has 25 heavy (non-hydrogen) atoms. The fourth-order valence-corrected chi connectivity index (χ4v) is 2.77. The van der Waals surface area contributed by atoms with Gasteiger partial charge in [-0.1, -0.05) is 13.8 Å². The van der Waals surface area contributed by atoms with Crippen LogP contribution in [0.1, 0.15) is 42.9 Å². The molecule has 2 N–H and O–H groups in total. The molecular formula is C17H19F2N5O. The number of hydrogen-bond acceptors (Lipinski definition) is 5. The maximum atomic E-state index is 13.2. The molecule has 0 aliphatic heterocycles. The summed E-state index contributed by atoms with van der Waals surface area (Å²) in [4.78, 5) is 23.9. The number of nitrogens with zero attached hydrogens (tertiary/aromatic N) is 3. The maximum Gasteiger partial charge on any atom is 0.272 e. The Morgan fingerprint density at radius 2 is 1.92 bits per heavy atom. The summed E-state index contributed by atoms with van der Waals surface area (Å²) in [7, 11) is 0. The van der Waals surface area contributed by atoms with E-state index in [9.17, 15) is 13.6 Å². The molecule has 2 aromatic heterocycles. The largest absolute Gasteiger partial charge is 0.347 e. The summed E-state index contributed by atoms with van der Waals surface area (Å²) in [6.45, 7) is 5.89. The Bertz CT molecular complexity index is 804. The van der Waals surface area contributed by atoms with E-state index in [2.05, 4.69) is 39.4 Å². The second kappa shape index (κ2) is 6.34. The molecule has 8 heteroatoms. The van der Waals surface area contributed by atoms with Gasteiger partial charge in [0.1, 0.15) is 5.82 Å². The Kier molecular flexibility index (Phi) is 4.36. The van der Waals surface area contributed by atoms with Gasteiger partial charge in [-0.25, -0.2) is 4.98 Å². The van der Waals surface area contributed by atoms with Crippen LogP contribution < -0.4 is 10.6 Å². The zero-order valence-electron chi connectivity index (χ0n) is 14.2. The minimum atomic E-state index is -0.951. The Morgan fingerprint density at radius 1 is 1.24 bits per heavy atom. The highest BCUT2D eigenvalue weighted by Gasteiger charge is 2.39. The number of hydrogen-bond donors (Lipinski definition) is 2. The first-order chi connectivity index (χ1) is 11.7. The van der Waals surface area contributed by atoms with E-state index in [0.29, 0.717) is 5.69 Å². The standard InChI is InChI=1S/C17H19F2N5O/c1-9-15(16(25)22-11-4-5-17(11,2)3)24-14(8-20-9)21-10-6-12(18)23-13(19)7-10/h6-8,11H,4-5H2,1-3H3,(H,22,25)(H,21,23,24). The van der Waals surface area contributed by atoms with Crippen molar-refractivity contribution in [2.24, 2.45) is 5.41 Å². The number of rotatable bonds is 4. The number of carbonyl (C=O) groups excluding carboxylic acids is 1. The molecule has 6 nitrogen and oxygen atoms in total. The predicted molar refractivity (Wildman–Crippen MR) is 88.5 cm³/mol. The molecule has 1 saturated carbocycles. The summed E-state index contributed by atoms with van der Waals surface area (Å²) in [6.07, 6.45) is 3.39. The summed E-state index contributed by atoms with van der Waals surface area (Å²) in [5, 5.41) is 5.71. The van der Waals surface area contributed by atoms with Gasteiger partial charge in [-0.05, 0) is 25.2 Å². The molecular weight excluding hydrogens is 328 g/mol. The van der Waals surface area contributed by atoms with E-state index >= 15 is 0 Å². The van der Waals surface area contributed by atoms with Crippen LogP contribution in [0.25, 0.3) is 0 Å². The molecule has 1 fully saturated rings. The lowest BCUT2D eigenvalue weighted by Crippen LogP contribution is -2.52. The van der Waals surface area contributed by atoms with Gasteiger partial charge in [0.05, 0.1) is 11.9 Å². The van der Waals surface area contributed by atoms with E-state index in [1.54, 1.807) is 6.92 Å². The number of carbonyl (C=O) groups is 1. The van der Waals surface area contributed by atoms with E-state index in [-0.39, 0.29) is 34.6 Å². The zero-order valence-corrected chi connectivity index (χ0v) is 14.2. The van der Waals surface area contributed by atoms with E-state index in [1.807, 2.05) is 0 Å². The van der Waals surface area contributed by atoms with Gasteiger partial charge >= 0.3 is 0 Å². The minimum Gasteiger partial charge on any atom is -0.347 e. The molecule has 2 heterocycles. The van der Waals surface area contributed by atoms with Gasteiger partial charge in [0.2, 0.25) is 11.9 Å². The summed E-state index contributed by atoms with van der Waals surface area (Å²) in [6, 6.07) is 2.16. The van der Waals surface area contributed by atoms with Crippen LogP contribution in [-0.4, -0.2) is 26.9 Å². The number of nitrogens with one attached hydrogen (secondary N) is 2. The predicted octanol–water partition coefficient (Wildman–Crippen LogP) is 3.12. The van der Waals surface area contributed by atoms with E-state index in [1.165, 1.54) is 6.20 Å². The summed E-state index contributed by atoms with van der Waals surface area (Å²) in [5.74, 6) is -1.99. The smallest absolute Gasteiger partial charge is 0.272 e. The van der Waals surface area contributed by atoms with Crippen molar-refractivity contribution in [3.05, 3.63) is 41.6 Å². The molecule has 3 rings (SSSR count). The lowest BCUT2D eigenvalue weighted by Gasteiger charge is -2.44. The minimum absolute atomic E-state index is 0.0684. The van der Waals surface area contributed by atoms with Crippen molar-refractivity contribution >= 4 is 17.4 Å². The first-order valence-corrected chi connectivity index (χ1v) is 7.99. The number of halogens is 2. The number of pyridine rings is 1. The normalized spacial score (nSPS) is 18.4. The summed E-state index contributed by atoms with van der Waals surface area (Å²) in [5.41, 5.74) is 0.864. The molecule has 0 spiro atoms. The second-order valence-electron chi connectivity index (χ2n) is 6.87. The van der Waals surface area contributed by atoms with Crippen LogP contribution in [0.5, 0.6) is 0 Å². The molecule has 1 amide bonds. The van der Waals surface area contributed by atoms with Crippen LogP contribution >= 0.6 is 0 Å². The van der Waals surface area contributed by atoms with E-state index in [0.717, 1.165) is 25.0 Å². The monoisotopic (exact) mass is 347 g/mol. The van der Waals surface area contributed by atoms with Gasteiger partial charge in [0.15, 0.2) is 5.69 Å². The van der Waals surface area contributed by atoms with Crippen molar-refractivity contribution in [3.63, 3.8) is 0 Å². The van der Waals surface area contributed by atoms with Gasteiger partial charge in [-0.2, -0.15) is 13.8 Å². The van der Waals surface area contributed by atoms with E-state index in [4.69, 9.17) is 0 Å². The molecule has 0 saturated heterocycles. The third kappa shape index (κ3) is 3.72. The third-order valence-electron chi connectivity index (χ3n) is 4.53. The highest BCUT2D eigenvalue weighted by Crippen LogP contribution is 2.40. The highest BCUT2D eigenvalue weighted by molar-refractivity contribution is 5.94. The van der Waals surface area contributed by atoms with Crippen LogP contribution in [0.4, 0.5) is 20.3 Å². The Labute approximate surface area is 144 Å². The average Bonchev–Trinajstić information content (AvgIpc) is 2.52. The second-order valence-corrected chi connectivity index (χ2v) is 6.87. The lowest BCUT2D eigenvalue weighted by molar-refractivity contribution is 0.0727. The average molecular weight is 347 g/mol. The van der Waals surface area contributed by atoms with Crippen LogP contribution in [-0.2, 0) is 0 Å². The van der Waals surface area contributed by atoms with Gasteiger partial charge in [0.25, 0.3) is 5.91 Å². The first-order valence-electron chi connectivity index (χ1n) is 7.99. The molecule has 1 aliphatic carbocycles. The van der Waals surface area contributed by atoms with Crippen molar-refractivity contribution in [2.75, 3.05) is 5.32 Å². The maximum absolute atomic E-state index is 13.2. The van der Waals surface area contributed by atoms with Crippen LogP contribution in [0, 0.1) is 24.2 Å². The Hall–Kier alpha value is -2.64. The number of aromatic nitrogens is 3. The number of aryl methyl sites for hydroxylation is 1. The molecule has 1 unspecified atom stereocenters. The van der Waals surface area contributed by atoms with Crippen molar-refractivity contribution in [1.29, 1.82) is 0 Å². The first kappa shape index (κ1) is 17.2. The van der Waals surface area contributed by atoms with E-state index < -0.39 is 11.9 Å². The fourth-order valence-electron chi connectivity index (χ4n) is 2.77. The van der Waals surface area contributed by atoms with Crippen molar-refractivity contribution < 1.29 is 13.6 Å². The summed E-state index contributed by atoms with van der Waals surface area (Å²) < 4.78 is 26.3. The molecule has 1 atom stereocenters. The molecule has 0 aromatic carbocycles. The quantitative estimate of drug-likeness (QED) is 0.831. The van der Waals surface area contributed by atoms with Gasteiger partial charge in [-0.3, -0.25) is 9.78 Å². The fraction of sp³-hybridized carbons (Fsp3) is 0.412. The molecule has 0 radical (unpaired) electrons. The molecule has 132 valence electrons. The highest BCUT2D eigenvalue weighted by atomic mass is 19.1. The van der Waals surface area contributed by atoms with Crippen molar-refractivity contribution in [3.8, 4) is 0 Å². The van der Waals surface area contributed by atoms with Crippen LogP contribution in [0.3, 0.4) is 0 Å². The Morgan fingerprint density at radius 3 is 2.48 bits per heavy atom. The zero-order chi connectivity index (χ0) is 18.2. The SMILES string of the molecule is Cc1ncc(Nc2cc(F)nc(F)c2)nc1C(=O)NC1CCC1(C)C. The lowest BCUT2D eigenvalue weighted by atomic mass is 9.67. The topological polar surface area (TPSA) is 79.8 Å². The third-order valence-corrected chi connectivity index (χ3v) is 4.53. The molecule has 2 aromatic rings. The van der Waals surface area contributed by atoms with Crippen LogP contribution in [0.2, 0.25) is 0 Å². The van der Waals surface area contributed by atoms with Gasteiger partial charge in [0, 0.05) is 23.9 Å². The molecule has 0 bridgehead atoms. The van der Waals surface area contributed by atoms with Crippen LogP contribution in [0.15, 0.2) is 18.3 Å². The molecule has 1 aliphatic rings. The van der Waals surface area contributed by atoms with Gasteiger partial charge < -0.3 is 10.6 Å². The number of anilines is 2. The Balaban J connectivity index is 1.79. The number of amides is 1. The van der Waals surface area contributed by atoms with Gasteiger partial charge in [-0.15, -0.1) is 0 Å². The van der Waals surface area contributed by atoms with Crippen molar-refractivity contribution in [1.82, 2.24) is 20.3 Å².